The third-order valence-electron chi connectivity index (χ3n) is 9.01. The van der Waals surface area contributed by atoms with Crippen LogP contribution in [0.3, 0.4) is 0 Å². The first-order chi connectivity index (χ1) is 23.5. The maximum atomic E-state index is 14.3. The number of nitrogens with one attached hydrogen (secondary N) is 2. The Morgan fingerprint density at radius 3 is 2.41 bits per heavy atom. The van der Waals surface area contributed by atoms with Gasteiger partial charge in [-0.15, -0.1) is 0 Å². The molecule has 3 N–H and O–H groups in total. The molecule has 2 aliphatic heterocycles. The second kappa shape index (κ2) is 15.9. The highest BCUT2D eigenvalue weighted by atomic mass is 19.1. The van der Waals surface area contributed by atoms with Gasteiger partial charge in [0.25, 0.3) is 11.8 Å². The molecule has 5 amide bonds. The van der Waals surface area contributed by atoms with Gasteiger partial charge in [0.1, 0.15) is 29.3 Å². The van der Waals surface area contributed by atoms with Gasteiger partial charge >= 0.3 is 12.1 Å². The van der Waals surface area contributed by atoms with Crippen molar-refractivity contribution in [3.63, 3.8) is 0 Å². The van der Waals surface area contributed by atoms with Crippen molar-refractivity contribution in [2.75, 3.05) is 45.9 Å². The molecule has 3 aliphatic rings. The van der Waals surface area contributed by atoms with Crippen molar-refractivity contribution in [3.8, 4) is 5.75 Å². The molecule has 1 aromatic heterocycles. The summed E-state index contributed by atoms with van der Waals surface area (Å²) >= 11 is 0. The number of carbonyl (C=O) groups excluding carboxylic acids is 5. The number of ether oxygens (including phenoxy) is 2. The summed E-state index contributed by atoms with van der Waals surface area (Å²) in [7, 11) is 0. The summed E-state index contributed by atoms with van der Waals surface area (Å²) in [6.07, 6.45) is 2.97. The van der Waals surface area contributed by atoms with Crippen LogP contribution in [-0.4, -0.2) is 125 Å². The highest BCUT2D eigenvalue weighted by Gasteiger charge is 2.36. The number of aromatic nitrogens is 1. The number of carboxylic acid groups (broad SMARTS) is 1. The van der Waals surface area contributed by atoms with E-state index in [0.717, 1.165) is 25.3 Å². The summed E-state index contributed by atoms with van der Waals surface area (Å²) in [4.78, 5) is 85.2. The highest BCUT2D eigenvalue weighted by molar-refractivity contribution is 5.99. The third kappa shape index (κ3) is 8.72. The molecule has 2 atom stereocenters. The summed E-state index contributed by atoms with van der Waals surface area (Å²) in [5.74, 6) is -3.73. The van der Waals surface area contributed by atoms with Crippen molar-refractivity contribution in [3.05, 3.63) is 35.8 Å². The van der Waals surface area contributed by atoms with Gasteiger partial charge in [0.05, 0.1) is 12.1 Å². The number of likely N-dealkylation sites (tertiary alicyclic amines) is 1. The Balaban J connectivity index is 1.29. The first-order valence-electron chi connectivity index (χ1n) is 16.6. The maximum Gasteiger partial charge on any atom is 0.409 e. The Morgan fingerprint density at radius 2 is 1.73 bits per heavy atom. The Hall–Kier alpha value is -5.02. The van der Waals surface area contributed by atoms with E-state index in [1.807, 2.05) is 0 Å². The van der Waals surface area contributed by atoms with Crippen molar-refractivity contribution in [2.24, 2.45) is 0 Å². The summed E-state index contributed by atoms with van der Waals surface area (Å²) < 4.78 is 25.1. The van der Waals surface area contributed by atoms with E-state index in [-0.39, 0.29) is 68.1 Å². The molecule has 1 aliphatic carbocycles. The van der Waals surface area contributed by atoms with Crippen LogP contribution in [0.4, 0.5) is 9.18 Å². The van der Waals surface area contributed by atoms with Gasteiger partial charge in [0.2, 0.25) is 11.8 Å². The molecule has 3 fully saturated rings. The molecule has 1 aromatic carbocycles. The van der Waals surface area contributed by atoms with Gasteiger partial charge in [-0.05, 0) is 57.6 Å². The largest absolute Gasteiger partial charge is 0.483 e. The van der Waals surface area contributed by atoms with E-state index in [1.165, 1.54) is 32.9 Å². The Morgan fingerprint density at radius 1 is 1.00 bits per heavy atom. The van der Waals surface area contributed by atoms with Crippen LogP contribution < -0.4 is 15.4 Å². The number of fused-ring (bicyclic) bond motifs is 1. The predicted molar refractivity (Wildman–Crippen MR) is 171 cm³/mol. The van der Waals surface area contributed by atoms with E-state index >= 15 is 0 Å². The van der Waals surface area contributed by atoms with Crippen LogP contribution in [0.15, 0.2) is 24.3 Å². The first-order valence-corrected chi connectivity index (χ1v) is 16.6. The van der Waals surface area contributed by atoms with Crippen LogP contribution >= 0.6 is 0 Å². The fraction of sp³-hybridized carbons (Fsp3) is 0.545. The van der Waals surface area contributed by atoms with Gasteiger partial charge in [-0.1, -0.05) is 0 Å². The number of hydrogen-bond donors (Lipinski definition) is 3. The average Bonchev–Trinajstić information content (AvgIpc) is 3.57. The molecule has 5 rings (SSSR count). The molecular formula is C33H41FN6O9. The summed E-state index contributed by atoms with van der Waals surface area (Å²) in [5, 5.41) is 15.2. The minimum absolute atomic E-state index is 0.0533. The number of benzene rings is 1. The zero-order valence-electron chi connectivity index (χ0n) is 27.3. The molecule has 49 heavy (non-hydrogen) atoms. The van der Waals surface area contributed by atoms with E-state index in [0.29, 0.717) is 24.8 Å². The summed E-state index contributed by atoms with van der Waals surface area (Å²) in [6, 6.07) is 3.24. The first kappa shape index (κ1) is 35.3. The van der Waals surface area contributed by atoms with E-state index in [4.69, 9.17) is 9.47 Å². The zero-order valence-corrected chi connectivity index (χ0v) is 27.3. The normalized spacial score (nSPS) is 18.4. The van der Waals surface area contributed by atoms with Gasteiger partial charge in [-0.3, -0.25) is 24.0 Å². The van der Waals surface area contributed by atoms with Crippen molar-refractivity contribution in [1.29, 1.82) is 0 Å². The lowest BCUT2D eigenvalue weighted by Gasteiger charge is -2.35. The molecule has 1 saturated carbocycles. The van der Waals surface area contributed by atoms with Gasteiger partial charge < -0.3 is 39.9 Å². The molecule has 0 radical (unpaired) electrons. The molecule has 2 saturated heterocycles. The molecule has 0 bridgehead atoms. The smallest absolute Gasteiger partial charge is 0.409 e. The van der Waals surface area contributed by atoms with Crippen molar-refractivity contribution >= 4 is 46.6 Å². The van der Waals surface area contributed by atoms with Crippen LogP contribution in [0.2, 0.25) is 0 Å². The van der Waals surface area contributed by atoms with Crippen LogP contribution in [0.5, 0.6) is 5.75 Å². The zero-order chi connectivity index (χ0) is 35.1. The SMILES string of the molecule is CCOC(=O)N1CCN(C(=O)C(CCC(=O)O)NC(=O)c2cc(OCC(=O)N3CCCC3C(=O)NC3CCC3)c3ccc(F)cc3n2)CC1. The van der Waals surface area contributed by atoms with E-state index in [2.05, 4.69) is 15.6 Å². The van der Waals surface area contributed by atoms with Crippen LogP contribution in [-0.2, 0) is 23.9 Å². The fourth-order valence-corrected chi connectivity index (χ4v) is 6.12. The number of amides is 5. The molecule has 264 valence electrons. The van der Waals surface area contributed by atoms with E-state index in [1.54, 1.807) is 6.92 Å². The number of carboxylic acids is 1. The number of aliphatic carboxylic acids is 1. The minimum Gasteiger partial charge on any atom is -0.483 e. The standard InChI is InChI=1S/C33H41FN6O9/c1-2-48-33(47)39-15-13-38(14-16-39)32(46)23(10-11-29(42)43)37-30(44)25-18-27(22-9-8-20(34)17-24(22)36-25)49-19-28(41)40-12-4-7-26(40)31(45)35-21-5-3-6-21/h8-9,17-18,21,23,26H,2-7,10-16,19H2,1H3,(H,35,45)(H,37,44)(H,42,43). The second-order valence-electron chi connectivity index (χ2n) is 12.3. The lowest BCUT2D eigenvalue weighted by atomic mass is 9.93. The van der Waals surface area contributed by atoms with Crippen LogP contribution in [0.1, 0.15) is 62.4 Å². The van der Waals surface area contributed by atoms with Crippen LogP contribution in [0.25, 0.3) is 10.9 Å². The molecule has 2 unspecified atom stereocenters. The fourth-order valence-electron chi connectivity index (χ4n) is 6.12. The summed E-state index contributed by atoms with van der Waals surface area (Å²) in [5.41, 5.74) is -0.197. The van der Waals surface area contributed by atoms with Gasteiger partial charge in [-0.25, -0.2) is 14.2 Å². The molecule has 3 heterocycles. The predicted octanol–water partition coefficient (Wildman–Crippen LogP) is 1.68. The third-order valence-corrected chi connectivity index (χ3v) is 9.01. The Labute approximate surface area is 282 Å². The van der Waals surface area contributed by atoms with Crippen molar-refractivity contribution < 1.29 is 47.7 Å². The topological polar surface area (TPSA) is 188 Å². The molecule has 16 heteroatoms. The molecule has 2 aromatic rings. The average molecular weight is 685 g/mol. The van der Waals surface area contributed by atoms with Gasteiger partial charge in [0, 0.05) is 62.7 Å². The number of pyridine rings is 1. The Kier molecular flexibility index (Phi) is 11.5. The Bertz CT molecular complexity index is 1590. The van der Waals surface area contributed by atoms with Crippen LogP contribution in [0, 0.1) is 5.82 Å². The monoisotopic (exact) mass is 684 g/mol. The summed E-state index contributed by atoms with van der Waals surface area (Å²) in [6.45, 7) is 2.53. The highest BCUT2D eigenvalue weighted by Crippen LogP contribution is 2.28. The number of hydrogen-bond acceptors (Lipinski definition) is 9. The molecular weight excluding hydrogens is 643 g/mol. The number of piperazine rings is 1. The number of rotatable bonds is 12. The van der Waals surface area contributed by atoms with Gasteiger partial charge in [0.15, 0.2) is 6.61 Å². The minimum atomic E-state index is -1.24. The van der Waals surface area contributed by atoms with Gasteiger partial charge in [-0.2, -0.15) is 0 Å². The number of carbonyl (C=O) groups is 6. The molecule has 0 spiro atoms. The van der Waals surface area contributed by atoms with Crippen molar-refractivity contribution in [1.82, 2.24) is 30.3 Å². The number of halogens is 1. The second-order valence-corrected chi connectivity index (χ2v) is 12.3. The van der Waals surface area contributed by atoms with Crippen molar-refractivity contribution in [2.45, 2.75) is 70.0 Å². The quantitative estimate of drug-likeness (QED) is 0.297. The lowest BCUT2D eigenvalue weighted by Crippen LogP contribution is -2.56. The van der Waals surface area contributed by atoms with E-state index in [9.17, 15) is 38.3 Å². The number of nitrogens with zero attached hydrogens (tertiary/aromatic N) is 4. The molecule has 15 nitrogen and oxygen atoms in total. The van der Waals surface area contributed by atoms with E-state index < -0.39 is 60.7 Å². The lowest BCUT2D eigenvalue weighted by molar-refractivity contribution is -0.140. The maximum absolute atomic E-state index is 14.3.